The van der Waals surface area contributed by atoms with Crippen LogP contribution in [0.2, 0.25) is 0 Å². The average Bonchev–Trinajstić information content (AvgIpc) is 3.47. The Hall–Kier alpha value is -5.87. The highest BCUT2D eigenvalue weighted by Gasteiger charge is 2.16. The Morgan fingerprint density at radius 2 is 0.907 bits per heavy atom. The number of rotatable bonds is 3. The van der Waals surface area contributed by atoms with E-state index in [9.17, 15) is 0 Å². The minimum absolute atomic E-state index is 0.649. The Labute approximate surface area is 246 Å². The van der Waals surface area contributed by atoms with Gasteiger partial charge in [-0.05, 0) is 45.1 Å². The van der Waals surface area contributed by atoms with Gasteiger partial charge >= 0.3 is 0 Å². The molecule has 43 heavy (non-hydrogen) atoms. The molecule has 0 saturated carbocycles. The van der Waals surface area contributed by atoms with Crippen LogP contribution in [0, 0.1) is 0 Å². The van der Waals surface area contributed by atoms with E-state index in [-0.39, 0.29) is 0 Å². The smallest absolute Gasteiger partial charge is 0.164 e. The van der Waals surface area contributed by atoms with Gasteiger partial charge in [-0.25, -0.2) is 15.0 Å². The molecule has 0 bridgehead atoms. The summed E-state index contributed by atoms with van der Waals surface area (Å²) in [6, 6.07) is 48.1. The maximum Gasteiger partial charge on any atom is 0.164 e. The first kappa shape index (κ1) is 23.8. The van der Waals surface area contributed by atoms with Crippen LogP contribution in [0.5, 0.6) is 0 Å². The van der Waals surface area contributed by atoms with Crippen molar-refractivity contribution >= 4 is 54.3 Å². The second-order valence-electron chi connectivity index (χ2n) is 10.8. The molecule has 200 valence electrons. The van der Waals surface area contributed by atoms with Gasteiger partial charge in [0.2, 0.25) is 0 Å². The maximum atomic E-state index is 6.27. The molecule has 0 aliphatic heterocycles. The lowest BCUT2D eigenvalue weighted by atomic mass is 9.93. The number of benzene rings is 7. The van der Waals surface area contributed by atoms with E-state index in [4.69, 9.17) is 19.4 Å². The third-order valence-electron chi connectivity index (χ3n) is 8.28. The van der Waals surface area contributed by atoms with Gasteiger partial charge in [0.25, 0.3) is 0 Å². The highest BCUT2D eigenvalue weighted by atomic mass is 16.3. The first-order valence-electron chi connectivity index (χ1n) is 14.4. The molecule has 4 nitrogen and oxygen atoms in total. The highest BCUT2D eigenvalue weighted by molar-refractivity contribution is 6.31. The first-order chi connectivity index (χ1) is 21.3. The minimum Gasteiger partial charge on any atom is -0.456 e. The highest BCUT2D eigenvalue weighted by Crippen LogP contribution is 2.41. The van der Waals surface area contributed by atoms with Crippen LogP contribution in [0.25, 0.3) is 88.4 Å². The SMILES string of the molecule is c1ccc(-c2nc(-c3ccccc3)nc(-c3ccc4c(ccc5ccc6ccc7oc8ccccc8c7c6c54)c3)n2)cc1. The molecule has 7 aromatic carbocycles. The normalized spacial score (nSPS) is 11.7. The second kappa shape index (κ2) is 9.33. The van der Waals surface area contributed by atoms with E-state index in [1.807, 2.05) is 72.8 Å². The molecule has 9 aromatic rings. The molecule has 0 saturated heterocycles. The molecule has 0 aliphatic rings. The number of aromatic nitrogens is 3. The van der Waals surface area contributed by atoms with Crippen molar-refractivity contribution in [3.05, 3.63) is 140 Å². The zero-order chi connectivity index (χ0) is 28.3. The van der Waals surface area contributed by atoms with E-state index < -0.39 is 0 Å². The maximum absolute atomic E-state index is 6.27. The van der Waals surface area contributed by atoms with E-state index in [1.165, 1.54) is 26.9 Å². The van der Waals surface area contributed by atoms with Crippen LogP contribution in [0.1, 0.15) is 0 Å². The second-order valence-corrected chi connectivity index (χ2v) is 10.8. The Morgan fingerprint density at radius 3 is 1.60 bits per heavy atom. The van der Waals surface area contributed by atoms with Gasteiger partial charge in [-0.15, -0.1) is 0 Å². The zero-order valence-electron chi connectivity index (χ0n) is 23.0. The number of nitrogens with zero attached hydrogens (tertiary/aromatic N) is 3. The number of para-hydroxylation sites is 1. The van der Waals surface area contributed by atoms with Crippen LogP contribution < -0.4 is 0 Å². The Bertz CT molecular complexity index is 2440. The molecule has 0 fully saturated rings. The molecular weight excluding hydrogens is 526 g/mol. The third kappa shape index (κ3) is 3.81. The molecule has 0 aliphatic carbocycles. The summed E-state index contributed by atoms with van der Waals surface area (Å²) >= 11 is 0. The molecule has 4 heteroatoms. The van der Waals surface area contributed by atoms with Crippen molar-refractivity contribution in [1.82, 2.24) is 15.0 Å². The monoisotopic (exact) mass is 549 g/mol. The van der Waals surface area contributed by atoms with Crippen molar-refractivity contribution in [3.63, 3.8) is 0 Å². The van der Waals surface area contributed by atoms with Gasteiger partial charge in [-0.2, -0.15) is 0 Å². The largest absolute Gasteiger partial charge is 0.456 e. The predicted octanol–water partition coefficient (Wildman–Crippen LogP) is 10.2. The van der Waals surface area contributed by atoms with E-state index in [0.29, 0.717) is 17.5 Å². The molecular formula is C39H23N3O. The fraction of sp³-hybridized carbons (Fsp3) is 0. The third-order valence-corrected chi connectivity index (χ3v) is 8.28. The summed E-state index contributed by atoms with van der Waals surface area (Å²) in [5, 5.41) is 9.45. The summed E-state index contributed by atoms with van der Waals surface area (Å²) < 4.78 is 6.27. The molecule has 0 N–H and O–H groups in total. The van der Waals surface area contributed by atoms with E-state index in [1.54, 1.807) is 0 Å². The van der Waals surface area contributed by atoms with E-state index >= 15 is 0 Å². The van der Waals surface area contributed by atoms with Gasteiger partial charge in [0, 0.05) is 32.8 Å². The van der Waals surface area contributed by atoms with E-state index in [2.05, 4.69) is 66.7 Å². The molecule has 2 heterocycles. The number of hydrogen-bond donors (Lipinski definition) is 0. The average molecular weight is 550 g/mol. The summed E-state index contributed by atoms with van der Waals surface area (Å²) in [6.45, 7) is 0. The van der Waals surface area contributed by atoms with Gasteiger partial charge in [0.1, 0.15) is 11.2 Å². The van der Waals surface area contributed by atoms with Gasteiger partial charge in [0.15, 0.2) is 17.5 Å². The van der Waals surface area contributed by atoms with Crippen LogP contribution in [-0.4, -0.2) is 15.0 Å². The summed E-state index contributed by atoms with van der Waals surface area (Å²) in [5.74, 6) is 1.96. The molecule has 2 aromatic heterocycles. The number of furan rings is 1. The fourth-order valence-electron chi connectivity index (χ4n) is 6.26. The van der Waals surface area contributed by atoms with Crippen molar-refractivity contribution in [2.75, 3.05) is 0 Å². The lowest BCUT2D eigenvalue weighted by Gasteiger charge is -2.12. The molecule has 0 radical (unpaired) electrons. The molecule has 9 rings (SSSR count). The summed E-state index contributed by atoms with van der Waals surface area (Å²) in [4.78, 5) is 14.8. The molecule has 0 amide bonds. The van der Waals surface area contributed by atoms with Crippen molar-refractivity contribution < 1.29 is 4.42 Å². The van der Waals surface area contributed by atoms with Gasteiger partial charge < -0.3 is 4.42 Å². The fourth-order valence-corrected chi connectivity index (χ4v) is 6.26. The zero-order valence-corrected chi connectivity index (χ0v) is 23.0. The number of fused-ring (bicyclic) bond motifs is 9. The van der Waals surface area contributed by atoms with Crippen molar-refractivity contribution in [2.45, 2.75) is 0 Å². The predicted molar refractivity (Wildman–Crippen MR) is 176 cm³/mol. The van der Waals surface area contributed by atoms with Crippen LogP contribution in [-0.2, 0) is 0 Å². The van der Waals surface area contributed by atoms with Gasteiger partial charge in [-0.1, -0.05) is 121 Å². The van der Waals surface area contributed by atoms with Crippen LogP contribution in [0.3, 0.4) is 0 Å². The molecule has 0 spiro atoms. The molecule has 0 atom stereocenters. The number of hydrogen-bond acceptors (Lipinski definition) is 4. The Morgan fingerprint density at radius 1 is 0.349 bits per heavy atom. The summed E-state index contributed by atoms with van der Waals surface area (Å²) in [5.41, 5.74) is 4.67. The van der Waals surface area contributed by atoms with Crippen molar-refractivity contribution in [2.24, 2.45) is 0 Å². The quantitative estimate of drug-likeness (QED) is 0.206. The Kier molecular flexibility index (Phi) is 5.16. The van der Waals surface area contributed by atoms with Crippen LogP contribution in [0.4, 0.5) is 0 Å². The summed E-state index contributed by atoms with van der Waals surface area (Å²) in [6.07, 6.45) is 0. The summed E-state index contributed by atoms with van der Waals surface area (Å²) in [7, 11) is 0. The Balaban J connectivity index is 1.30. The topological polar surface area (TPSA) is 51.8 Å². The van der Waals surface area contributed by atoms with Gasteiger partial charge in [0.05, 0.1) is 0 Å². The first-order valence-corrected chi connectivity index (χ1v) is 14.4. The lowest BCUT2D eigenvalue weighted by molar-refractivity contribution is 0.669. The standard InChI is InChI=1S/C39H23N3O/c1-3-9-26(10-4-1)37-40-38(27-11-5-2-6-12-27)42-39(41-37)29-19-21-30-28(23-29)18-17-24-15-16-25-20-22-33-36(35(25)34(24)30)31-13-7-8-14-32(31)43-33/h1-23H. The molecule has 0 unspecified atom stereocenters. The lowest BCUT2D eigenvalue weighted by Crippen LogP contribution is -2.00. The minimum atomic E-state index is 0.649. The van der Waals surface area contributed by atoms with Gasteiger partial charge in [-0.3, -0.25) is 0 Å². The van der Waals surface area contributed by atoms with Crippen molar-refractivity contribution in [1.29, 1.82) is 0 Å². The van der Waals surface area contributed by atoms with E-state index in [0.717, 1.165) is 44.0 Å². The van der Waals surface area contributed by atoms with Crippen molar-refractivity contribution in [3.8, 4) is 34.2 Å². The van der Waals surface area contributed by atoms with Crippen LogP contribution >= 0.6 is 0 Å². The van der Waals surface area contributed by atoms with Crippen LogP contribution in [0.15, 0.2) is 144 Å².